The lowest BCUT2D eigenvalue weighted by Gasteiger charge is -2.29. The van der Waals surface area contributed by atoms with Gasteiger partial charge in [-0.05, 0) is 50.6 Å². The average Bonchev–Trinajstić information content (AvgIpc) is 2.70. The van der Waals surface area contributed by atoms with Gasteiger partial charge in [-0.2, -0.15) is 0 Å². The first-order chi connectivity index (χ1) is 14.6. The standard InChI is InChI=1S/C22H28N2O6S/c1-15(2)30-19-7-5-6-17(12-19)14-23-22(25)16(3)24(31(4,26)27)18-8-9-20-21(13-18)29-11-10-28-20/h5-9,12-13,15-16H,10-11,14H2,1-4H3,(H,23,25)/t16-/m0/s1. The van der Waals surface area contributed by atoms with Crippen molar-refractivity contribution in [3.63, 3.8) is 0 Å². The van der Waals surface area contributed by atoms with Gasteiger partial charge in [0.1, 0.15) is 25.0 Å². The van der Waals surface area contributed by atoms with Gasteiger partial charge in [-0.25, -0.2) is 8.42 Å². The Morgan fingerprint density at radius 1 is 1.10 bits per heavy atom. The zero-order valence-corrected chi connectivity index (χ0v) is 18.9. The Labute approximate surface area is 183 Å². The van der Waals surface area contributed by atoms with Crippen LogP contribution in [-0.2, 0) is 21.4 Å². The highest BCUT2D eigenvalue weighted by Crippen LogP contribution is 2.35. The molecule has 0 bridgehead atoms. The molecule has 0 saturated carbocycles. The first-order valence-corrected chi connectivity index (χ1v) is 11.9. The Bertz CT molecular complexity index is 1040. The van der Waals surface area contributed by atoms with Crippen LogP contribution >= 0.6 is 0 Å². The zero-order valence-electron chi connectivity index (χ0n) is 18.1. The van der Waals surface area contributed by atoms with Gasteiger partial charge in [0.15, 0.2) is 11.5 Å². The van der Waals surface area contributed by atoms with Crippen LogP contribution in [-0.4, -0.2) is 45.9 Å². The second kappa shape index (κ2) is 9.47. The van der Waals surface area contributed by atoms with Gasteiger partial charge in [0.25, 0.3) is 0 Å². The number of hydrogen-bond acceptors (Lipinski definition) is 6. The summed E-state index contributed by atoms with van der Waals surface area (Å²) >= 11 is 0. The maximum atomic E-state index is 12.8. The summed E-state index contributed by atoms with van der Waals surface area (Å²) in [6, 6.07) is 11.3. The number of hydrogen-bond donors (Lipinski definition) is 1. The smallest absolute Gasteiger partial charge is 0.243 e. The van der Waals surface area contributed by atoms with Crippen molar-refractivity contribution in [3.05, 3.63) is 48.0 Å². The largest absolute Gasteiger partial charge is 0.491 e. The molecular weight excluding hydrogens is 420 g/mol. The summed E-state index contributed by atoms with van der Waals surface area (Å²) in [5.41, 5.74) is 1.19. The summed E-state index contributed by atoms with van der Waals surface area (Å²) < 4.78 is 42.8. The monoisotopic (exact) mass is 448 g/mol. The lowest BCUT2D eigenvalue weighted by molar-refractivity contribution is -0.122. The van der Waals surface area contributed by atoms with Gasteiger partial charge in [-0.15, -0.1) is 0 Å². The Hall–Kier alpha value is -2.94. The molecule has 2 aromatic rings. The van der Waals surface area contributed by atoms with Crippen LogP contribution in [0.3, 0.4) is 0 Å². The molecule has 1 amide bonds. The van der Waals surface area contributed by atoms with E-state index in [0.29, 0.717) is 36.1 Å². The van der Waals surface area contributed by atoms with Crippen molar-refractivity contribution >= 4 is 21.6 Å². The molecule has 2 aromatic carbocycles. The van der Waals surface area contributed by atoms with Crippen LogP contribution in [0.1, 0.15) is 26.3 Å². The van der Waals surface area contributed by atoms with Crippen LogP contribution in [0.15, 0.2) is 42.5 Å². The molecule has 1 N–H and O–H groups in total. The molecule has 0 fully saturated rings. The lowest BCUT2D eigenvalue weighted by Crippen LogP contribution is -2.47. The van der Waals surface area contributed by atoms with E-state index in [9.17, 15) is 13.2 Å². The van der Waals surface area contributed by atoms with Gasteiger partial charge in [0.2, 0.25) is 15.9 Å². The Morgan fingerprint density at radius 3 is 2.48 bits per heavy atom. The van der Waals surface area contributed by atoms with Crippen LogP contribution in [0.25, 0.3) is 0 Å². The molecule has 1 aliphatic rings. The predicted molar refractivity (Wildman–Crippen MR) is 118 cm³/mol. The van der Waals surface area contributed by atoms with Gasteiger partial charge < -0.3 is 19.5 Å². The molecule has 168 valence electrons. The molecule has 0 spiro atoms. The Kier molecular flexibility index (Phi) is 6.94. The molecular formula is C22H28N2O6S. The van der Waals surface area contributed by atoms with Gasteiger partial charge in [-0.3, -0.25) is 9.10 Å². The zero-order chi connectivity index (χ0) is 22.6. The maximum absolute atomic E-state index is 12.8. The minimum Gasteiger partial charge on any atom is -0.491 e. The first-order valence-electron chi connectivity index (χ1n) is 10.1. The van der Waals surface area contributed by atoms with Gasteiger partial charge >= 0.3 is 0 Å². The third-order valence-electron chi connectivity index (χ3n) is 4.61. The second-order valence-corrected chi connectivity index (χ2v) is 9.45. The molecule has 0 aliphatic carbocycles. The highest BCUT2D eigenvalue weighted by Gasteiger charge is 2.30. The third kappa shape index (κ3) is 5.81. The van der Waals surface area contributed by atoms with Crippen molar-refractivity contribution in [1.29, 1.82) is 0 Å². The van der Waals surface area contributed by atoms with Crippen LogP contribution < -0.4 is 23.8 Å². The summed E-state index contributed by atoms with van der Waals surface area (Å²) in [7, 11) is -3.74. The van der Waals surface area contributed by atoms with Crippen molar-refractivity contribution in [2.75, 3.05) is 23.8 Å². The van der Waals surface area contributed by atoms with E-state index in [4.69, 9.17) is 14.2 Å². The van der Waals surface area contributed by atoms with Gasteiger partial charge in [0, 0.05) is 12.6 Å². The van der Waals surface area contributed by atoms with Gasteiger partial charge in [0.05, 0.1) is 18.0 Å². The summed E-state index contributed by atoms with van der Waals surface area (Å²) in [6.45, 7) is 6.49. The highest BCUT2D eigenvalue weighted by molar-refractivity contribution is 7.92. The average molecular weight is 449 g/mol. The summed E-state index contributed by atoms with van der Waals surface area (Å²) in [5, 5.41) is 2.81. The van der Waals surface area contributed by atoms with Crippen molar-refractivity contribution in [2.24, 2.45) is 0 Å². The molecule has 0 saturated heterocycles. The van der Waals surface area contributed by atoms with Crippen molar-refractivity contribution < 1.29 is 27.4 Å². The summed E-state index contributed by atoms with van der Waals surface area (Å²) in [6.07, 6.45) is 1.11. The van der Waals surface area contributed by atoms with E-state index in [2.05, 4.69) is 5.32 Å². The molecule has 3 rings (SSSR count). The number of nitrogens with one attached hydrogen (secondary N) is 1. The fraction of sp³-hybridized carbons (Fsp3) is 0.409. The number of rotatable bonds is 8. The first kappa shape index (κ1) is 22.7. The molecule has 1 heterocycles. The molecule has 31 heavy (non-hydrogen) atoms. The normalized spacial score (nSPS) is 14.1. The quantitative estimate of drug-likeness (QED) is 0.667. The molecule has 1 atom stereocenters. The maximum Gasteiger partial charge on any atom is 0.243 e. The predicted octanol–water partition coefficient (Wildman–Crippen LogP) is 2.72. The number of fused-ring (bicyclic) bond motifs is 1. The number of ether oxygens (including phenoxy) is 3. The van der Waals surface area contributed by atoms with Crippen LogP contribution in [0.2, 0.25) is 0 Å². The van der Waals surface area contributed by atoms with E-state index in [1.807, 2.05) is 38.1 Å². The summed E-state index contributed by atoms with van der Waals surface area (Å²) in [4.78, 5) is 12.8. The SMILES string of the molecule is CC(C)Oc1cccc(CNC(=O)[C@H](C)N(c2ccc3c(c2)OCCO3)S(C)(=O)=O)c1. The molecule has 0 unspecified atom stereocenters. The Balaban J connectivity index is 1.75. The number of anilines is 1. The van der Waals surface area contributed by atoms with E-state index in [1.165, 1.54) is 0 Å². The van der Waals surface area contributed by atoms with Crippen molar-refractivity contribution in [1.82, 2.24) is 5.32 Å². The summed E-state index contributed by atoms with van der Waals surface area (Å²) in [5.74, 6) is 1.29. The van der Waals surface area contributed by atoms with Crippen LogP contribution in [0, 0.1) is 0 Å². The van der Waals surface area contributed by atoms with Gasteiger partial charge in [-0.1, -0.05) is 12.1 Å². The highest BCUT2D eigenvalue weighted by atomic mass is 32.2. The van der Waals surface area contributed by atoms with E-state index in [-0.39, 0.29) is 12.6 Å². The van der Waals surface area contributed by atoms with Crippen molar-refractivity contribution in [3.8, 4) is 17.2 Å². The van der Waals surface area contributed by atoms with Crippen LogP contribution in [0.5, 0.6) is 17.2 Å². The molecule has 0 aromatic heterocycles. The Morgan fingerprint density at radius 2 is 1.81 bits per heavy atom. The molecule has 8 nitrogen and oxygen atoms in total. The molecule has 0 radical (unpaired) electrons. The number of carbonyl (C=O) groups is 1. The minimum absolute atomic E-state index is 0.0409. The third-order valence-corrected chi connectivity index (χ3v) is 5.85. The second-order valence-electron chi connectivity index (χ2n) is 7.59. The fourth-order valence-corrected chi connectivity index (χ4v) is 4.48. The molecule has 1 aliphatic heterocycles. The number of nitrogens with zero attached hydrogens (tertiary/aromatic N) is 1. The fourth-order valence-electron chi connectivity index (χ4n) is 3.32. The lowest BCUT2D eigenvalue weighted by atomic mass is 10.2. The van der Waals surface area contributed by atoms with Crippen LogP contribution in [0.4, 0.5) is 5.69 Å². The van der Waals surface area contributed by atoms with Crippen molar-refractivity contribution in [2.45, 2.75) is 39.5 Å². The number of benzene rings is 2. The van der Waals surface area contributed by atoms with E-state index < -0.39 is 22.0 Å². The molecule has 9 heteroatoms. The number of amides is 1. The van der Waals surface area contributed by atoms with E-state index in [1.54, 1.807) is 25.1 Å². The van der Waals surface area contributed by atoms with E-state index >= 15 is 0 Å². The number of sulfonamides is 1. The van der Waals surface area contributed by atoms with E-state index in [0.717, 1.165) is 16.1 Å². The minimum atomic E-state index is -3.74. The topological polar surface area (TPSA) is 94.2 Å². The number of carbonyl (C=O) groups excluding carboxylic acids is 1.